The summed E-state index contributed by atoms with van der Waals surface area (Å²) < 4.78 is 13.7. The Morgan fingerprint density at radius 3 is 2.95 bits per heavy atom. The lowest BCUT2D eigenvalue weighted by Crippen LogP contribution is -2.41. The van der Waals surface area contributed by atoms with Crippen LogP contribution in [-0.2, 0) is 11.3 Å². The average Bonchev–Trinajstić information content (AvgIpc) is 2.86. The predicted molar refractivity (Wildman–Crippen MR) is 80.4 cm³/mol. The topological polar surface area (TPSA) is 36.4 Å². The third kappa shape index (κ3) is 4.49. The van der Waals surface area contributed by atoms with Crippen molar-refractivity contribution in [3.63, 3.8) is 0 Å². The number of rotatable bonds is 5. The maximum atomic E-state index is 13.7. The molecule has 1 aliphatic heterocycles. The van der Waals surface area contributed by atoms with Gasteiger partial charge in [0.1, 0.15) is 0 Å². The second kappa shape index (κ2) is 6.52. The minimum absolute atomic E-state index is 0.389. The molecule has 0 spiro atoms. The van der Waals surface area contributed by atoms with Gasteiger partial charge < -0.3 is 9.80 Å². The molecule has 0 radical (unpaired) electrons. The summed E-state index contributed by atoms with van der Waals surface area (Å²) in [5, 5.41) is 0. The Hall–Kier alpha value is -1.49. The summed E-state index contributed by atoms with van der Waals surface area (Å²) in [7, 11) is 2.07. The van der Waals surface area contributed by atoms with Crippen molar-refractivity contribution in [3.8, 4) is 0 Å². The number of alkyl halides is 1. The average molecular weight is 293 g/mol. The molecule has 1 amide bonds. The highest BCUT2D eigenvalue weighted by molar-refractivity contribution is 5.84. The fraction of sp³-hybridized carbons (Fsp3) is 0.625. The van der Waals surface area contributed by atoms with Crippen LogP contribution in [0.15, 0.2) is 24.5 Å². The SMILES string of the molecule is CN(Cc1cccnc1)C[C@H]1CCN(C(=O)C(C)(C)F)C1. The molecular formula is C16H24FN3O. The number of halogens is 1. The lowest BCUT2D eigenvalue weighted by atomic mass is 10.1. The summed E-state index contributed by atoms with van der Waals surface area (Å²) >= 11 is 0. The Bertz CT molecular complexity index is 472. The zero-order chi connectivity index (χ0) is 15.5. The lowest BCUT2D eigenvalue weighted by Gasteiger charge is -2.24. The van der Waals surface area contributed by atoms with E-state index in [9.17, 15) is 9.18 Å². The summed E-state index contributed by atoms with van der Waals surface area (Å²) in [6, 6.07) is 3.99. The van der Waals surface area contributed by atoms with E-state index in [2.05, 4.69) is 23.0 Å². The number of carbonyl (C=O) groups is 1. The number of likely N-dealkylation sites (tertiary alicyclic amines) is 1. The Kier molecular flexibility index (Phi) is 4.93. The summed E-state index contributed by atoms with van der Waals surface area (Å²) in [4.78, 5) is 19.9. The van der Waals surface area contributed by atoms with Crippen LogP contribution in [-0.4, -0.2) is 53.0 Å². The van der Waals surface area contributed by atoms with E-state index in [0.717, 1.165) is 19.5 Å². The summed E-state index contributed by atoms with van der Waals surface area (Å²) in [5.74, 6) is 0.0258. The molecule has 1 aromatic rings. The monoisotopic (exact) mass is 293 g/mol. The highest BCUT2D eigenvalue weighted by Crippen LogP contribution is 2.22. The van der Waals surface area contributed by atoms with Crippen molar-refractivity contribution in [1.82, 2.24) is 14.8 Å². The van der Waals surface area contributed by atoms with Gasteiger partial charge in [0.25, 0.3) is 5.91 Å². The van der Waals surface area contributed by atoms with Crippen LogP contribution in [0.5, 0.6) is 0 Å². The number of hydrogen-bond donors (Lipinski definition) is 0. The summed E-state index contributed by atoms with van der Waals surface area (Å²) in [5.41, 5.74) is -0.591. The Morgan fingerprint density at radius 2 is 2.33 bits per heavy atom. The quantitative estimate of drug-likeness (QED) is 0.834. The van der Waals surface area contributed by atoms with E-state index in [1.807, 2.05) is 12.3 Å². The van der Waals surface area contributed by atoms with Crippen LogP contribution in [0, 0.1) is 5.92 Å². The second-order valence-corrected chi connectivity index (χ2v) is 6.44. The van der Waals surface area contributed by atoms with Crippen LogP contribution in [0.2, 0.25) is 0 Å². The molecule has 0 aliphatic carbocycles. The molecule has 0 bridgehead atoms. The van der Waals surface area contributed by atoms with Crippen LogP contribution < -0.4 is 0 Å². The molecule has 2 heterocycles. The smallest absolute Gasteiger partial charge is 0.259 e. The molecule has 116 valence electrons. The fourth-order valence-electron chi connectivity index (χ4n) is 2.85. The maximum Gasteiger partial charge on any atom is 0.259 e. The minimum Gasteiger partial charge on any atom is -0.340 e. The van der Waals surface area contributed by atoms with Gasteiger partial charge in [0, 0.05) is 38.6 Å². The lowest BCUT2D eigenvalue weighted by molar-refractivity contribution is -0.140. The molecule has 0 aromatic carbocycles. The third-order valence-electron chi connectivity index (χ3n) is 3.83. The highest BCUT2D eigenvalue weighted by Gasteiger charge is 2.35. The third-order valence-corrected chi connectivity index (χ3v) is 3.83. The molecule has 1 saturated heterocycles. The number of pyridine rings is 1. The zero-order valence-corrected chi connectivity index (χ0v) is 13.1. The van der Waals surface area contributed by atoms with E-state index in [0.29, 0.717) is 19.0 Å². The van der Waals surface area contributed by atoms with Gasteiger partial charge in [-0.2, -0.15) is 0 Å². The predicted octanol–water partition coefficient (Wildman–Crippen LogP) is 2.11. The fourth-order valence-corrected chi connectivity index (χ4v) is 2.85. The summed E-state index contributed by atoms with van der Waals surface area (Å²) in [6.07, 6.45) is 4.58. The highest BCUT2D eigenvalue weighted by atomic mass is 19.1. The van der Waals surface area contributed by atoms with Crippen LogP contribution in [0.3, 0.4) is 0 Å². The zero-order valence-electron chi connectivity index (χ0n) is 13.1. The van der Waals surface area contributed by atoms with E-state index in [-0.39, 0.29) is 5.91 Å². The van der Waals surface area contributed by atoms with E-state index < -0.39 is 5.67 Å². The second-order valence-electron chi connectivity index (χ2n) is 6.44. The first-order chi connectivity index (χ1) is 9.86. The van der Waals surface area contributed by atoms with Gasteiger partial charge >= 0.3 is 0 Å². The van der Waals surface area contributed by atoms with Gasteiger partial charge in [-0.15, -0.1) is 0 Å². The minimum atomic E-state index is -1.77. The van der Waals surface area contributed by atoms with Crippen molar-refractivity contribution in [2.24, 2.45) is 5.92 Å². The standard InChI is InChI=1S/C16H24FN3O/c1-16(2,17)15(21)20-8-6-14(12-20)11-19(3)10-13-5-4-7-18-9-13/h4-5,7,9,14H,6,8,10-12H2,1-3H3/t14-/m1/s1. The van der Waals surface area contributed by atoms with E-state index in [1.54, 1.807) is 11.1 Å². The van der Waals surface area contributed by atoms with Crippen LogP contribution in [0.1, 0.15) is 25.8 Å². The maximum absolute atomic E-state index is 13.7. The van der Waals surface area contributed by atoms with Gasteiger partial charge in [0.05, 0.1) is 0 Å². The molecular weight excluding hydrogens is 269 g/mol. The van der Waals surface area contributed by atoms with Gasteiger partial charge in [-0.1, -0.05) is 6.07 Å². The molecule has 1 aromatic heterocycles. The van der Waals surface area contributed by atoms with Crippen LogP contribution >= 0.6 is 0 Å². The van der Waals surface area contributed by atoms with E-state index in [4.69, 9.17) is 0 Å². The van der Waals surface area contributed by atoms with Crippen LogP contribution in [0.25, 0.3) is 0 Å². The molecule has 1 fully saturated rings. The number of nitrogens with zero attached hydrogens (tertiary/aromatic N) is 3. The molecule has 0 N–H and O–H groups in total. The van der Waals surface area contributed by atoms with Gasteiger partial charge in [-0.25, -0.2) is 4.39 Å². The molecule has 21 heavy (non-hydrogen) atoms. The first-order valence-corrected chi connectivity index (χ1v) is 7.42. The van der Waals surface area contributed by atoms with Crippen molar-refractivity contribution in [1.29, 1.82) is 0 Å². The first kappa shape index (κ1) is 15.9. The normalized spacial score (nSPS) is 19.3. The van der Waals surface area contributed by atoms with Gasteiger partial charge in [-0.3, -0.25) is 9.78 Å². The first-order valence-electron chi connectivity index (χ1n) is 7.42. The number of hydrogen-bond acceptors (Lipinski definition) is 3. The van der Waals surface area contributed by atoms with Gasteiger partial charge in [0.15, 0.2) is 5.67 Å². The van der Waals surface area contributed by atoms with Crippen molar-refractivity contribution >= 4 is 5.91 Å². The van der Waals surface area contributed by atoms with Gasteiger partial charge in [0.2, 0.25) is 0 Å². The van der Waals surface area contributed by atoms with Crippen molar-refractivity contribution in [3.05, 3.63) is 30.1 Å². The number of carbonyl (C=O) groups excluding carboxylic acids is 1. The number of amides is 1. The Labute approximate surface area is 126 Å². The van der Waals surface area contributed by atoms with Crippen molar-refractivity contribution in [2.75, 3.05) is 26.7 Å². The summed E-state index contributed by atoms with van der Waals surface area (Å²) in [6.45, 7) is 5.73. The van der Waals surface area contributed by atoms with E-state index >= 15 is 0 Å². The molecule has 1 aliphatic rings. The Morgan fingerprint density at radius 1 is 1.57 bits per heavy atom. The molecule has 4 nitrogen and oxygen atoms in total. The molecule has 0 saturated carbocycles. The van der Waals surface area contributed by atoms with Crippen molar-refractivity contribution in [2.45, 2.75) is 32.5 Å². The van der Waals surface area contributed by atoms with E-state index in [1.165, 1.54) is 19.4 Å². The van der Waals surface area contributed by atoms with Gasteiger partial charge in [-0.05, 0) is 44.9 Å². The van der Waals surface area contributed by atoms with Crippen molar-refractivity contribution < 1.29 is 9.18 Å². The van der Waals surface area contributed by atoms with Crippen LogP contribution in [0.4, 0.5) is 4.39 Å². The number of aromatic nitrogens is 1. The molecule has 0 unspecified atom stereocenters. The molecule has 2 rings (SSSR count). The Balaban J connectivity index is 1.81. The largest absolute Gasteiger partial charge is 0.340 e. The molecule has 5 heteroatoms. The molecule has 1 atom stereocenters.